The van der Waals surface area contributed by atoms with Crippen LogP contribution >= 0.6 is 12.4 Å². The summed E-state index contributed by atoms with van der Waals surface area (Å²) in [6, 6.07) is 7.60. The molecule has 1 N–H and O–H groups in total. The zero-order valence-corrected chi connectivity index (χ0v) is 16.0. The Balaban J connectivity index is 0.00000210. The summed E-state index contributed by atoms with van der Waals surface area (Å²) in [5, 5.41) is 11.9. The number of halogens is 1. The molecule has 2 fully saturated rings. The highest BCUT2D eigenvalue weighted by Crippen LogP contribution is 2.17. The number of aromatic nitrogens is 3. The van der Waals surface area contributed by atoms with Gasteiger partial charge in [-0.3, -0.25) is 14.5 Å². The number of rotatable bonds is 4. The molecule has 8 nitrogen and oxygen atoms in total. The van der Waals surface area contributed by atoms with Gasteiger partial charge in [0.15, 0.2) is 0 Å². The van der Waals surface area contributed by atoms with Crippen LogP contribution in [0.1, 0.15) is 12.8 Å². The van der Waals surface area contributed by atoms with E-state index in [4.69, 9.17) is 0 Å². The molecule has 0 saturated carbocycles. The molecule has 0 bridgehead atoms. The molecule has 2 aromatic rings. The van der Waals surface area contributed by atoms with E-state index >= 15 is 0 Å². The third-order valence-electron chi connectivity index (χ3n) is 5.35. The van der Waals surface area contributed by atoms with Crippen molar-refractivity contribution in [3.05, 3.63) is 34.6 Å². The van der Waals surface area contributed by atoms with Crippen molar-refractivity contribution in [2.45, 2.75) is 25.4 Å². The van der Waals surface area contributed by atoms with Crippen LogP contribution in [0.5, 0.6) is 0 Å². The van der Waals surface area contributed by atoms with Gasteiger partial charge in [0.05, 0.1) is 11.9 Å². The summed E-state index contributed by atoms with van der Waals surface area (Å²) in [5.41, 5.74) is 0.391. The maximum absolute atomic E-state index is 12.6. The van der Waals surface area contributed by atoms with Gasteiger partial charge in [-0.1, -0.05) is 17.3 Å². The number of likely N-dealkylation sites (tertiary alicyclic amines) is 1. The van der Waals surface area contributed by atoms with Crippen molar-refractivity contribution >= 4 is 29.2 Å². The van der Waals surface area contributed by atoms with Crippen molar-refractivity contribution in [1.82, 2.24) is 30.1 Å². The highest BCUT2D eigenvalue weighted by molar-refractivity contribution is 5.85. The van der Waals surface area contributed by atoms with Gasteiger partial charge < -0.3 is 10.2 Å². The van der Waals surface area contributed by atoms with Crippen LogP contribution in [-0.4, -0.2) is 76.0 Å². The van der Waals surface area contributed by atoms with Crippen molar-refractivity contribution in [2.75, 3.05) is 39.3 Å². The second-order valence-electron chi connectivity index (χ2n) is 6.95. The molecule has 27 heavy (non-hydrogen) atoms. The monoisotopic (exact) mass is 392 g/mol. The van der Waals surface area contributed by atoms with E-state index in [-0.39, 0.29) is 36.8 Å². The van der Waals surface area contributed by atoms with Crippen LogP contribution in [0, 0.1) is 0 Å². The number of amides is 1. The van der Waals surface area contributed by atoms with Gasteiger partial charge in [0.2, 0.25) is 5.91 Å². The minimum atomic E-state index is -0.191. The highest BCUT2D eigenvalue weighted by Gasteiger charge is 2.30. The van der Waals surface area contributed by atoms with Crippen LogP contribution in [0.4, 0.5) is 0 Å². The molecule has 1 atom stereocenters. The van der Waals surface area contributed by atoms with Crippen LogP contribution in [0.2, 0.25) is 0 Å². The lowest BCUT2D eigenvalue weighted by molar-refractivity contribution is -0.130. The number of aryl methyl sites for hydroxylation is 1. The highest BCUT2D eigenvalue weighted by atomic mass is 35.5. The smallest absolute Gasteiger partial charge is 0.277 e. The first kappa shape index (κ1) is 19.7. The predicted molar refractivity (Wildman–Crippen MR) is 105 cm³/mol. The van der Waals surface area contributed by atoms with E-state index in [1.807, 2.05) is 11.0 Å². The van der Waals surface area contributed by atoms with E-state index in [1.165, 1.54) is 4.68 Å². The minimum absolute atomic E-state index is 0. The first-order valence-corrected chi connectivity index (χ1v) is 9.27. The number of carbonyl (C=O) groups excluding carboxylic acids is 1. The van der Waals surface area contributed by atoms with Crippen LogP contribution in [0.15, 0.2) is 29.1 Å². The van der Waals surface area contributed by atoms with Crippen LogP contribution in [0.3, 0.4) is 0 Å². The summed E-state index contributed by atoms with van der Waals surface area (Å²) in [6.07, 6.45) is 1.31. The molecular formula is C18H25ClN6O2. The number of benzene rings is 1. The van der Waals surface area contributed by atoms with E-state index in [0.29, 0.717) is 16.9 Å². The molecule has 2 saturated heterocycles. The van der Waals surface area contributed by atoms with Gasteiger partial charge in [-0.05, 0) is 18.6 Å². The first-order valence-electron chi connectivity index (χ1n) is 9.27. The van der Waals surface area contributed by atoms with E-state index < -0.39 is 0 Å². The average molecular weight is 393 g/mol. The fourth-order valence-electron chi connectivity index (χ4n) is 3.84. The Hall–Kier alpha value is -2.03. The molecule has 9 heteroatoms. The predicted octanol–water partition coefficient (Wildman–Crippen LogP) is 0.110. The number of nitrogens with one attached hydrogen (secondary N) is 1. The molecule has 0 spiro atoms. The fraction of sp³-hybridized carbons (Fsp3) is 0.556. The molecule has 3 heterocycles. The Morgan fingerprint density at radius 1 is 1.19 bits per heavy atom. The van der Waals surface area contributed by atoms with Crippen molar-refractivity contribution in [3.63, 3.8) is 0 Å². The summed E-state index contributed by atoms with van der Waals surface area (Å²) in [5.74, 6) is 0.0875. The lowest BCUT2D eigenvalue weighted by Gasteiger charge is -2.32. The van der Waals surface area contributed by atoms with Crippen molar-refractivity contribution in [2.24, 2.45) is 0 Å². The third kappa shape index (κ3) is 4.28. The topological polar surface area (TPSA) is 83.4 Å². The molecule has 1 aromatic carbocycles. The average Bonchev–Trinajstić information content (AvgIpc) is 3.18. The third-order valence-corrected chi connectivity index (χ3v) is 5.35. The van der Waals surface area contributed by atoms with Gasteiger partial charge in [-0.15, -0.1) is 17.5 Å². The molecule has 4 rings (SSSR count). The number of carbonyl (C=O) groups is 1. The second-order valence-corrected chi connectivity index (χ2v) is 6.95. The van der Waals surface area contributed by atoms with Gasteiger partial charge >= 0.3 is 0 Å². The summed E-state index contributed by atoms with van der Waals surface area (Å²) in [6.45, 7) is 6.00. The second kappa shape index (κ2) is 8.77. The van der Waals surface area contributed by atoms with Gasteiger partial charge in [-0.25, -0.2) is 4.68 Å². The number of piperazine rings is 1. The van der Waals surface area contributed by atoms with E-state index in [1.54, 1.807) is 18.2 Å². The molecule has 146 valence electrons. The van der Waals surface area contributed by atoms with E-state index in [2.05, 4.69) is 20.5 Å². The lowest BCUT2D eigenvalue weighted by atomic mass is 10.2. The Morgan fingerprint density at radius 2 is 1.96 bits per heavy atom. The Kier molecular flexibility index (Phi) is 6.41. The molecule has 0 radical (unpaired) electrons. The normalized spacial score (nSPS) is 20.6. The molecular weight excluding hydrogens is 368 g/mol. The van der Waals surface area contributed by atoms with Gasteiger partial charge in [0.25, 0.3) is 5.56 Å². The van der Waals surface area contributed by atoms with E-state index in [0.717, 1.165) is 45.7 Å². The Morgan fingerprint density at radius 3 is 2.78 bits per heavy atom. The molecule has 2 aliphatic heterocycles. The number of fused-ring (bicyclic) bond motifs is 1. The summed E-state index contributed by atoms with van der Waals surface area (Å²) >= 11 is 0. The maximum atomic E-state index is 12.6. The Labute approximate surface area is 163 Å². The maximum Gasteiger partial charge on any atom is 0.277 e. The number of hydrogen-bond acceptors (Lipinski definition) is 6. The van der Waals surface area contributed by atoms with E-state index in [9.17, 15) is 9.59 Å². The quantitative estimate of drug-likeness (QED) is 0.795. The molecule has 1 unspecified atom stereocenters. The molecule has 0 aliphatic carbocycles. The van der Waals surface area contributed by atoms with Crippen molar-refractivity contribution in [3.8, 4) is 0 Å². The lowest BCUT2D eigenvalue weighted by Crippen LogP contribution is -2.49. The zero-order chi connectivity index (χ0) is 17.9. The zero-order valence-electron chi connectivity index (χ0n) is 15.2. The standard InChI is InChI=1S/C18H24N6O2.ClH/c25-17(23-9-5-14(13-23)22-11-7-19-8-12-22)6-10-24-18(26)15-3-1-2-4-16(15)20-21-24;/h1-4,14,19H,5-13H2;1H. The largest absolute Gasteiger partial charge is 0.341 e. The SMILES string of the molecule is Cl.O=C(CCn1nnc2ccccc2c1=O)N1CCC(N2CCNCC2)C1. The molecule has 2 aliphatic rings. The van der Waals surface area contributed by atoms with Gasteiger partial charge in [0.1, 0.15) is 5.52 Å². The molecule has 1 aromatic heterocycles. The Bertz CT molecular complexity index is 851. The number of nitrogens with zero attached hydrogens (tertiary/aromatic N) is 5. The van der Waals surface area contributed by atoms with Crippen molar-refractivity contribution in [1.29, 1.82) is 0 Å². The van der Waals surface area contributed by atoms with Crippen LogP contribution < -0.4 is 10.9 Å². The number of hydrogen-bond donors (Lipinski definition) is 1. The van der Waals surface area contributed by atoms with Crippen molar-refractivity contribution < 1.29 is 4.79 Å². The fourth-order valence-corrected chi connectivity index (χ4v) is 3.84. The van der Waals surface area contributed by atoms with Gasteiger partial charge in [0, 0.05) is 51.7 Å². The van der Waals surface area contributed by atoms with Crippen LogP contribution in [0.25, 0.3) is 10.9 Å². The molecule has 1 amide bonds. The summed E-state index contributed by atoms with van der Waals surface area (Å²) < 4.78 is 1.30. The van der Waals surface area contributed by atoms with Crippen LogP contribution in [-0.2, 0) is 11.3 Å². The summed E-state index contributed by atoms with van der Waals surface area (Å²) in [4.78, 5) is 29.4. The summed E-state index contributed by atoms with van der Waals surface area (Å²) in [7, 11) is 0. The first-order chi connectivity index (χ1) is 12.7. The van der Waals surface area contributed by atoms with Gasteiger partial charge in [-0.2, -0.15) is 0 Å². The minimum Gasteiger partial charge on any atom is -0.341 e.